The second-order valence-electron chi connectivity index (χ2n) is 5.39. The summed E-state index contributed by atoms with van der Waals surface area (Å²) in [6.07, 6.45) is 5.26. The highest BCUT2D eigenvalue weighted by atomic mass is 15.2. The predicted octanol–water partition coefficient (Wildman–Crippen LogP) is 2.48. The van der Waals surface area contributed by atoms with E-state index in [4.69, 9.17) is 5.73 Å². The molecule has 0 radical (unpaired) electrons. The lowest BCUT2D eigenvalue weighted by atomic mass is 9.91. The highest BCUT2D eigenvalue weighted by Gasteiger charge is 2.25. The van der Waals surface area contributed by atoms with Crippen molar-refractivity contribution in [3.8, 4) is 0 Å². The van der Waals surface area contributed by atoms with Crippen LogP contribution in [0.5, 0.6) is 0 Å². The molecule has 0 bridgehead atoms. The largest absolute Gasteiger partial charge is 0.330 e. The van der Waals surface area contributed by atoms with Crippen LogP contribution >= 0.6 is 0 Å². The van der Waals surface area contributed by atoms with Crippen molar-refractivity contribution >= 4 is 0 Å². The molecular weight excluding hydrogens is 184 g/mol. The van der Waals surface area contributed by atoms with Crippen LogP contribution < -0.4 is 5.73 Å². The molecule has 0 saturated carbocycles. The number of nitrogens with zero attached hydrogens (tertiary/aromatic N) is 1. The molecule has 0 aromatic carbocycles. The molecule has 3 atom stereocenters. The van der Waals surface area contributed by atoms with Gasteiger partial charge in [0.1, 0.15) is 0 Å². The van der Waals surface area contributed by atoms with Crippen LogP contribution in [0.2, 0.25) is 0 Å². The summed E-state index contributed by atoms with van der Waals surface area (Å²) in [6.45, 7) is 10.6. The smallest absolute Gasteiger partial charge is 0.00926 e. The molecule has 1 rings (SSSR count). The third-order valence-electron chi connectivity index (χ3n) is 3.95. The molecule has 1 fully saturated rings. The normalized spacial score (nSPS) is 30.4. The summed E-state index contributed by atoms with van der Waals surface area (Å²) < 4.78 is 0. The molecule has 1 heterocycles. The molecule has 15 heavy (non-hydrogen) atoms. The molecule has 2 nitrogen and oxygen atoms in total. The highest BCUT2D eigenvalue weighted by molar-refractivity contribution is 4.79. The van der Waals surface area contributed by atoms with E-state index in [0.29, 0.717) is 0 Å². The first-order chi connectivity index (χ1) is 7.15. The van der Waals surface area contributed by atoms with Crippen molar-refractivity contribution in [2.45, 2.75) is 52.5 Å². The van der Waals surface area contributed by atoms with Gasteiger partial charge in [0.05, 0.1) is 0 Å². The highest BCUT2D eigenvalue weighted by Crippen LogP contribution is 2.24. The SMILES string of the molecule is CC(CCCN)CN1CCCC(C)C1C. The average molecular weight is 212 g/mol. The van der Waals surface area contributed by atoms with Crippen LogP contribution in [-0.2, 0) is 0 Å². The molecule has 1 aliphatic rings. The van der Waals surface area contributed by atoms with Gasteiger partial charge in [-0.15, -0.1) is 0 Å². The minimum Gasteiger partial charge on any atom is -0.330 e. The third-order valence-corrected chi connectivity index (χ3v) is 3.95. The van der Waals surface area contributed by atoms with Crippen molar-refractivity contribution in [3.63, 3.8) is 0 Å². The molecule has 3 unspecified atom stereocenters. The topological polar surface area (TPSA) is 29.3 Å². The Balaban J connectivity index is 2.29. The maximum absolute atomic E-state index is 5.55. The zero-order chi connectivity index (χ0) is 11.3. The average Bonchev–Trinajstić information content (AvgIpc) is 2.22. The van der Waals surface area contributed by atoms with E-state index in [2.05, 4.69) is 25.7 Å². The number of likely N-dealkylation sites (tertiary alicyclic amines) is 1. The van der Waals surface area contributed by atoms with Gasteiger partial charge in [0.25, 0.3) is 0 Å². The number of hydrogen-bond acceptors (Lipinski definition) is 2. The van der Waals surface area contributed by atoms with Crippen molar-refractivity contribution in [2.75, 3.05) is 19.6 Å². The number of piperidine rings is 1. The fourth-order valence-electron chi connectivity index (χ4n) is 2.64. The molecule has 0 aromatic rings. The van der Waals surface area contributed by atoms with E-state index in [9.17, 15) is 0 Å². The zero-order valence-corrected chi connectivity index (χ0v) is 10.7. The molecule has 1 aliphatic heterocycles. The molecule has 0 amide bonds. The minimum atomic E-state index is 0.777. The molecule has 1 saturated heterocycles. The van der Waals surface area contributed by atoms with Crippen LogP contribution in [0.15, 0.2) is 0 Å². The second-order valence-corrected chi connectivity index (χ2v) is 5.39. The summed E-state index contributed by atoms with van der Waals surface area (Å²) in [7, 11) is 0. The summed E-state index contributed by atoms with van der Waals surface area (Å²) in [5, 5.41) is 0. The Morgan fingerprint density at radius 3 is 2.80 bits per heavy atom. The van der Waals surface area contributed by atoms with Crippen molar-refractivity contribution in [1.82, 2.24) is 4.90 Å². The van der Waals surface area contributed by atoms with Crippen molar-refractivity contribution < 1.29 is 0 Å². The summed E-state index contributed by atoms with van der Waals surface area (Å²) >= 11 is 0. The number of nitrogens with two attached hydrogens (primary N) is 1. The number of rotatable bonds is 5. The minimum absolute atomic E-state index is 0.777. The molecule has 2 heteroatoms. The van der Waals surface area contributed by atoms with Crippen molar-refractivity contribution in [3.05, 3.63) is 0 Å². The summed E-state index contributed by atoms with van der Waals surface area (Å²) in [6, 6.07) is 0.777. The van der Waals surface area contributed by atoms with Crippen LogP contribution in [0, 0.1) is 11.8 Å². The lowest BCUT2D eigenvalue weighted by Gasteiger charge is -2.39. The van der Waals surface area contributed by atoms with Gasteiger partial charge < -0.3 is 10.6 Å². The lowest BCUT2D eigenvalue weighted by molar-refractivity contribution is 0.0963. The van der Waals surface area contributed by atoms with Crippen LogP contribution in [0.4, 0.5) is 0 Å². The summed E-state index contributed by atoms with van der Waals surface area (Å²) in [4.78, 5) is 2.68. The van der Waals surface area contributed by atoms with E-state index in [1.807, 2.05) is 0 Å². The van der Waals surface area contributed by atoms with Gasteiger partial charge in [0.15, 0.2) is 0 Å². The van der Waals surface area contributed by atoms with E-state index in [1.54, 1.807) is 0 Å². The van der Waals surface area contributed by atoms with Crippen LogP contribution in [-0.4, -0.2) is 30.6 Å². The maximum Gasteiger partial charge on any atom is 0.00926 e. The molecule has 90 valence electrons. The van der Waals surface area contributed by atoms with Crippen LogP contribution in [0.25, 0.3) is 0 Å². The van der Waals surface area contributed by atoms with Gasteiger partial charge in [-0.2, -0.15) is 0 Å². The zero-order valence-electron chi connectivity index (χ0n) is 10.7. The Morgan fingerprint density at radius 2 is 2.13 bits per heavy atom. The van der Waals surface area contributed by atoms with Gasteiger partial charge >= 0.3 is 0 Å². The lowest BCUT2D eigenvalue weighted by Crippen LogP contribution is -2.44. The Labute approximate surface area is 95.2 Å². The fourth-order valence-corrected chi connectivity index (χ4v) is 2.64. The third kappa shape index (κ3) is 4.12. The monoisotopic (exact) mass is 212 g/mol. The van der Waals surface area contributed by atoms with Gasteiger partial charge in [-0.05, 0) is 57.5 Å². The summed E-state index contributed by atoms with van der Waals surface area (Å²) in [5.74, 6) is 1.68. The molecule has 0 spiro atoms. The van der Waals surface area contributed by atoms with Gasteiger partial charge in [0, 0.05) is 12.6 Å². The Hall–Kier alpha value is -0.0800. The van der Waals surface area contributed by atoms with Crippen LogP contribution in [0.1, 0.15) is 46.5 Å². The van der Waals surface area contributed by atoms with Gasteiger partial charge in [-0.3, -0.25) is 0 Å². The van der Waals surface area contributed by atoms with Crippen molar-refractivity contribution in [1.29, 1.82) is 0 Å². The Kier molecular flexibility index (Phi) is 5.62. The van der Waals surface area contributed by atoms with E-state index in [-0.39, 0.29) is 0 Å². The fraction of sp³-hybridized carbons (Fsp3) is 1.00. The first kappa shape index (κ1) is 13.0. The first-order valence-corrected chi connectivity index (χ1v) is 6.59. The molecule has 0 aliphatic carbocycles. The van der Waals surface area contributed by atoms with E-state index in [0.717, 1.165) is 24.4 Å². The standard InChI is InChI=1S/C13H28N2/c1-11(6-4-8-14)10-15-9-5-7-12(2)13(15)3/h11-13H,4-10,14H2,1-3H3. The van der Waals surface area contributed by atoms with Gasteiger partial charge in [0.2, 0.25) is 0 Å². The maximum atomic E-state index is 5.55. The van der Waals surface area contributed by atoms with Crippen molar-refractivity contribution in [2.24, 2.45) is 17.6 Å². The Bertz CT molecular complexity index is 170. The quantitative estimate of drug-likeness (QED) is 0.758. The molecule has 2 N–H and O–H groups in total. The van der Waals surface area contributed by atoms with E-state index < -0.39 is 0 Å². The van der Waals surface area contributed by atoms with Gasteiger partial charge in [-0.1, -0.05) is 13.8 Å². The molecular formula is C13H28N2. The summed E-state index contributed by atoms with van der Waals surface area (Å²) in [5.41, 5.74) is 5.55. The molecule has 0 aromatic heterocycles. The Morgan fingerprint density at radius 1 is 1.40 bits per heavy atom. The van der Waals surface area contributed by atoms with E-state index in [1.165, 1.54) is 38.8 Å². The van der Waals surface area contributed by atoms with E-state index >= 15 is 0 Å². The first-order valence-electron chi connectivity index (χ1n) is 6.59. The number of hydrogen-bond donors (Lipinski definition) is 1. The second kappa shape index (κ2) is 6.49. The van der Waals surface area contributed by atoms with Crippen LogP contribution in [0.3, 0.4) is 0 Å². The van der Waals surface area contributed by atoms with Gasteiger partial charge in [-0.25, -0.2) is 0 Å². The predicted molar refractivity (Wildman–Crippen MR) is 66.9 cm³/mol.